The van der Waals surface area contributed by atoms with E-state index in [-0.39, 0.29) is 5.56 Å². The van der Waals surface area contributed by atoms with E-state index >= 15 is 0 Å². The van der Waals surface area contributed by atoms with Gasteiger partial charge in [-0.1, -0.05) is 6.42 Å². The van der Waals surface area contributed by atoms with Crippen LogP contribution in [0.5, 0.6) is 5.75 Å². The van der Waals surface area contributed by atoms with Crippen molar-refractivity contribution in [3.63, 3.8) is 0 Å². The molecule has 0 amide bonds. The molecule has 0 aliphatic carbocycles. The lowest BCUT2D eigenvalue weighted by atomic mass is 10.1. The quantitative estimate of drug-likeness (QED) is 0.888. The second-order valence-electron chi connectivity index (χ2n) is 5.57. The first-order chi connectivity index (χ1) is 9.79. The second kappa shape index (κ2) is 5.83. The molecule has 1 aromatic rings. The van der Waals surface area contributed by atoms with Crippen molar-refractivity contribution in [1.82, 2.24) is 14.9 Å². The zero-order chi connectivity index (χ0) is 13.9. The molecule has 2 aliphatic heterocycles. The molecule has 1 aromatic heterocycles. The van der Waals surface area contributed by atoms with Crippen LogP contribution in [-0.4, -0.2) is 54.2 Å². The van der Waals surface area contributed by atoms with Crippen molar-refractivity contribution < 1.29 is 4.74 Å². The molecule has 3 rings (SSSR count). The Morgan fingerprint density at radius 1 is 1.30 bits per heavy atom. The maximum absolute atomic E-state index is 11.8. The fourth-order valence-electron chi connectivity index (χ4n) is 3.30. The van der Waals surface area contributed by atoms with Gasteiger partial charge in [-0.25, -0.2) is 4.98 Å². The molecular weight excluding hydrogens is 256 g/mol. The number of aromatic nitrogens is 2. The highest BCUT2D eigenvalue weighted by Crippen LogP contribution is 2.27. The van der Waals surface area contributed by atoms with Crippen LogP contribution >= 0.6 is 0 Å². The standard InChI is InChI=1S/C14H22N4O2/c1-20-12-13(15-10-16-14(12)19)18-8-5-11(9-18)17-6-3-2-4-7-17/h10-11H,2-9H2,1H3,(H,15,16,19). The van der Waals surface area contributed by atoms with Crippen LogP contribution in [0, 0.1) is 0 Å². The number of likely N-dealkylation sites (tertiary alicyclic amines) is 1. The van der Waals surface area contributed by atoms with Crippen LogP contribution in [0.4, 0.5) is 5.82 Å². The largest absolute Gasteiger partial charge is 0.489 e. The number of H-pyrrole nitrogens is 1. The number of aromatic amines is 1. The molecule has 110 valence electrons. The van der Waals surface area contributed by atoms with Gasteiger partial charge in [0, 0.05) is 19.1 Å². The summed E-state index contributed by atoms with van der Waals surface area (Å²) in [4.78, 5) is 23.4. The van der Waals surface area contributed by atoms with Gasteiger partial charge in [0.25, 0.3) is 5.56 Å². The Kier molecular flexibility index (Phi) is 3.91. The molecule has 1 N–H and O–H groups in total. The Hall–Kier alpha value is -1.56. The number of nitrogens with one attached hydrogen (secondary N) is 1. The average Bonchev–Trinajstić information content (AvgIpc) is 2.97. The van der Waals surface area contributed by atoms with Gasteiger partial charge in [0.2, 0.25) is 5.75 Å². The first kappa shape index (κ1) is 13.4. The minimum atomic E-state index is -0.209. The Morgan fingerprint density at radius 3 is 2.85 bits per heavy atom. The average molecular weight is 278 g/mol. The van der Waals surface area contributed by atoms with Crippen molar-refractivity contribution in [2.45, 2.75) is 31.7 Å². The van der Waals surface area contributed by atoms with Crippen molar-refractivity contribution in [3.8, 4) is 5.75 Å². The van der Waals surface area contributed by atoms with Gasteiger partial charge < -0.3 is 14.6 Å². The molecule has 2 saturated heterocycles. The van der Waals surface area contributed by atoms with E-state index in [4.69, 9.17) is 4.74 Å². The summed E-state index contributed by atoms with van der Waals surface area (Å²) in [6.45, 7) is 4.29. The zero-order valence-electron chi connectivity index (χ0n) is 12.0. The highest BCUT2D eigenvalue weighted by Gasteiger charge is 2.30. The van der Waals surface area contributed by atoms with Gasteiger partial charge in [0.15, 0.2) is 5.82 Å². The van der Waals surface area contributed by atoms with E-state index in [1.807, 2.05) is 0 Å². The lowest BCUT2D eigenvalue weighted by Crippen LogP contribution is -2.41. The van der Waals surface area contributed by atoms with E-state index in [9.17, 15) is 4.79 Å². The SMILES string of the molecule is COc1c(N2CCC(N3CCCCC3)C2)nc[nH]c1=O. The fraction of sp³-hybridized carbons (Fsp3) is 0.714. The number of anilines is 1. The van der Waals surface area contributed by atoms with E-state index < -0.39 is 0 Å². The van der Waals surface area contributed by atoms with E-state index in [0.717, 1.165) is 19.5 Å². The lowest BCUT2D eigenvalue weighted by Gasteiger charge is -2.32. The summed E-state index contributed by atoms with van der Waals surface area (Å²) in [6, 6.07) is 0.584. The normalized spacial score (nSPS) is 24.1. The summed E-state index contributed by atoms with van der Waals surface area (Å²) in [5.74, 6) is 1.00. The number of methoxy groups -OCH3 is 1. The maximum atomic E-state index is 11.8. The number of rotatable bonds is 3. The maximum Gasteiger partial charge on any atom is 0.295 e. The van der Waals surface area contributed by atoms with Gasteiger partial charge in [-0.2, -0.15) is 0 Å². The summed E-state index contributed by atoms with van der Waals surface area (Å²) >= 11 is 0. The molecule has 0 saturated carbocycles. The minimum Gasteiger partial charge on any atom is -0.489 e. The topological polar surface area (TPSA) is 61.5 Å². The van der Waals surface area contributed by atoms with Gasteiger partial charge in [-0.05, 0) is 32.4 Å². The van der Waals surface area contributed by atoms with Crippen LogP contribution in [0.2, 0.25) is 0 Å². The summed E-state index contributed by atoms with van der Waals surface area (Å²) in [5, 5.41) is 0. The molecule has 0 spiro atoms. The third-order valence-electron chi connectivity index (χ3n) is 4.37. The van der Waals surface area contributed by atoms with Crippen LogP contribution in [0.25, 0.3) is 0 Å². The van der Waals surface area contributed by atoms with Gasteiger partial charge in [0.1, 0.15) is 0 Å². The third kappa shape index (κ3) is 2.52. The number of ether oxygens (including phenoxy) is 1. The molecule has 0 aromatic carbocycles. The van der Waals surface area contributed by atoms with Crippen LogP contribution in [0.15, 0.2) is 11.1 Å². The summed E-state index contributed by atoms with van der Waals surface area (Å²) in [5.41, 5.74) is -0.209. The molecule has 20 heavy (non-hydrogen) atoms. The molecule has 2 fully saturated rings. The van der Waals surface area contributed by atoms with E-state index in [1.165, 1.54) is 45.8 Å². The predicted molar refractivity (Wildman–Crippen MR) is 77.5 cm³/mol. The van der Waals surface area contributed by atoms with E-state index in [2.05, 4.69) is 19.8 Å². The smallest absolute Gasteiger partial charge is 0.295 e. The second-order valence-corrected chi connectivity index (χ2v) is 5.57. The molecule has 1 atom stereocenters. The Labute approximate surface area is 118 Å². The fourth-order valence-corrected chi connectivity index (χ4v) is 3.30. The molecular formula is C14H22N4O2. The number of hydrogen-bond acceptors (Lipinski definition) is 5. The zero-order valence-corrected chi connectivity index (χ0v) is 12.0. The van der Waals surface area contributed by atoms with E-state index in [0.29, 0.717) is 17.6 Å². The van der Waals surface area contributed by atoms with Gasteiger partial charge in [0.05, 0.1) is 13.4 Å². The van der Waals surface area contributed by atoms with Crippen LogP contribution in [0.1, 0.15) is 25.7 Å². The molecule has 0 bridgehead atoms. The minimum absolute atomic E-state index is 0.209. The van der Waals surface area contributed by atoms with Crippen LogP contribution in [-0.2, 0) is 0 Å². The molecule has 6 nitrogen and oxygen atoms in total. The molecule has 0 radical (unpaired) electrons. The molecule has 3 heterocycles. The first-order valence-electron chi connectivity index (χ1n) is 7.40. The van der Waals surface area contributed by atoms with Crippen molar-refractivity contribution in [1.29, 1.82) is 0 Å². The van der Waals surface area contributed by atoms with Crippen molar-refractivity contribution in [2.75, 3.05) is 38.2 Å². The first-order valence-corrected chi connectivity index (χ1v) is 7.40. The number of piperidine rings is 1. The summed E-state index contributed by atoms with van der Waals surface area (Å²) in [6.07, 6.45) is 6.56. The summed E-state index contributed by atoms with van der Waals surface area (Å²) < 4.78 is 5.21. The highest BCUT2D eigenvalue weighted by atomic mass is 16.5. The Morgan fingerprint density at radius 2 is 2.10 bits per heavy atom. The van der Waals surface area contributed by atoms with Crippen LogP contribution in [0.3, 0.4) is 0 Å². The Balaban J connectivity index is 1.73. The van der Waals surface area contributed by atoms with Crippen molar-refractivity contribution in [2.24, 2.45) is 0 Å². The third-order valence-corrected chi connectivity index (χ3v) is 4.37. The van der Waals surface area contributed by atoms with Gasteiger partial charge in [-0.15, -0.1) is 0 Å². The molecule has 2 aliphatic rings. The van der Waals surface area contributed by atoms with Gasteiger partial charge >= 0.3 is 0 Å². The molecule has 1 unspecified atom stereocenters. The van der Waals surface area contributed by atoms with Crippen molar-refractivity contribution >= 4 is 5.82 Å². The number of hydrogen-bond donors (Lipinski definition) is 1. The van der Waals surface area contributed by atoms with Crippen LogP contribution < -0.4 is 15.2 Å². The van der Waals surface area contributed by atoms with E-state index in [1.54, 1.807) is 0 Å². The highest BCUT2D eigenvalue weighted by molar-refractivity contribution is 5.51. The monoisotopic (exact) mass is 278 g/mol. The summed E-state index contributed by atoms with van der Waals surface area (Å²) in [7, 11) is 1.52. The van der Waals surface area contributed by atoms with Crippen molar-refractivity contribution in [3.05, 3.63) is 16.7 Å². The lowest BCUT2D eigenvalue weighted by molar-refractivity contribution is 0.174. The Bertz CT molecular complexity index is 510. The van der Waals surface area contributed by atoms with Gasteiger partial charge in [-0.3, -0.25) is 9.69 Å². The number of nitrogens with zero attached hydrogens (tertiary/aromatic N) is 3. The predicted octanol–water partition coefficient (Wildman–Crippen LogP) is 0.843. The molecule has 6 heteroatoms.